The fraction of sp³-hybridized carbons (Fsp3) is 0.429. The third-order valence-corrected chi connectivity index (χ3v) is 5.89. The fourth-order valence-electron chi connectivity index (χ4n) is 4.59. The highest BCUT2D eigenvalue weighted by Gasteiger charge is 2.49. The number of carbonyl (C=O) groups excluding carboxylic acids is 2. The van der Waals surface area contributed by atoms with Gasteiger partial charge in [0.05, 0.1) is 23.5 Å². The van der Waals surface area contributed by atoms with Crippen LogP contribution in [0.3, 0.4) is 0 Å². The van der Waals surface area contributed by atoms with Crippen molar-refractivity contribution >= 4 is 17.4 Å². The SMILES string of the molecule is O=C(C[C@H]1CCC[C@]2(CCN(c3cncc(F)c3)C2=O)C1)c1ccccn1. The zero-order chi connectivity index (χ0) is 18.9. The molecule has 2 atom stereocenters. The van der Waals surface area contributed by atoms with Crippen molar-refractivity contribution in [2.75, 3.05) is 11.4 Å². The predicted octanol–water partition coefficient (Wildman–Crippen LogP) is 3.80. The first-order valence-corrected chi connectivity index (χ1v) is 9.44. The van der Waals surface area contributed by atoms with Crippen molar-refractivity contribution in [1.82, 2.24) is 9.97 Å². The lowest BCUT2D eigenvalue weighted by atomic mass is 9.67. The minimum atomic E-state index is -0.441. The van der Waals surface area contributed by atoms with E-state index in [2.05, 4.69) is 9.97 Å². The minimum absolute atomic E-state index is 0.0364. The third kappa shape index (κ3) is 3.48. The molecule has 0 aromatic carbocycles. The maximum Gasteiger partial charge on any atom is 0.233 e. The molecule has 2 aromatic rings. The van der Waals surface area contributed by atoms with E-state index >= 15 is 0 Å². The van der Waals surface area contributed by atoms with Crippen LogP contribution in [0.15, 0.2) is 42.9 Å². The predicted molar refractivity (Wildman–Crippen MR) is 98.7 cm³/mol. The molecule has 3 heterocycles. The molecule has 27 heavy (non-hydrogen) atoms. The Labute approximate surface area is 157 Å². The summed E-state index contributed by atoms with van der Waals surface area (Å²) in [6.07, 6.45) is 8.90. The van der Waals surface area contributed by atoms with Gasteiger partial charge in [0.1, 0.15) is 11.5 Å². The number of hydrogen-bond donors (Lipinski definition) is 0. The molecular weight excluding hydrogens is 345 g/mol. The maximum atomic E-state index is 13.5. The normalized spacial score (nSPS) is 25.1. The number of aromatic nitrogens is 2. The number of pyridine rings is 2. The molecule has 0 N–H and O–H groups in total. The van der Waals surface area contributed by atoms with E-state index in [0.29, 0.717) is 30.8 Å². The van der Waals surface area contributed by atoms with Gasteiger partial charge in [-0.3, -0.25) is 19.6 Å². The molecule has 2 aromatic heterocycles. The minimum Gasteiger partial charge on any atom is -0.310 e. The van der Waals surface area contributed by atoms with Gasteiger partial charge in [-0.05, 0) is 43.7 Å². The Balaban J connectivity index is 1.47. The Morgan fingerprint density at radius 3 is 2.96 bits per heavy atom. The quantitative estimate of drug-likeness (QED) is 0.771. The molecule has 4 rings (SSSR count). The lowest BCUT2D eigenvalue weighted by Gasteiger charge is -2.36. The number of Topliss-reactive ketones (excluding diaryl/α,β-unsaturated/α-hetero) is 1. The molecule has 0 radical (unpaired) electrons. The Hall–Kier alpha value is -2.63. The number of nitrogens with zero attached hydrogens (tertiary/aromatic N) is 3. The first-order chi connectivity index (χ1) is 13.1. The Morgan fingerprint density at radius 2 is 2.19 bits per heavy atom. The summed E-state index contributed by atoms with van der Waals surface area (Å²) in [5.74, 6) is -0.175. The van der Waals surface area contributed by atoms with Crippen LogP contribution in [-0.2, 0) is 4.79 Å². The highest BCUT2D eigenvalue weighted by Crippen LogP contribution is 2.48. The van der Waals surface area contributed by atoms with E-state index in [1.165, 1.54) is 12.3 Å². The number of carbonyl (C=O) groups is 2. The van der Waals surface area contributed by atoms with Gasteiger partial charge in [-0.25, -0.2) is 4.39 Å². The van der Waals surface area contributed by atoms with E-state index in [1.54, 1.807) is 23.2 Å². The van der Waals surface area contributed by atoms with Gasteiger partial charge in [0.15, 0.2) is 5.78 Å². The molecule has 2 aliphatic rings. The molecule has 140 valence electrons. The number of rotatable bonds is 4. The van der Waals surface area contributed by atoms with Crippen LogP contribution in [0, 0.1) is 17.2 Å². The fourth-order valence-corrected chi connectivity index (χ4v) is 4.59. The molecule has 5 nitrogen and oxygen atoms in total. The molecule has 1 spiro atoms. The van der Waals surface area contributed by atoms with Gasteiger partial charge < -0.3 is 4.90 Å². The maximum absolute atomic E-state index is 13.5. The van der Waals surface area contributed by atoms with Gasteiger partial charge in [0, 0.05) is 25.2 Å². The van der Waals surface area contributed by atoms with Gasteiger partial charge in [-0.1, -0.05) is 12.5 Å². The van der Waals surface area contributed by atoms with Gasteiger partial charge >= 0.3 is 0 Å². The second-order valence-corrected chi connectivity index (χ2v) is 7.65. The summed E-state index contributed by atoms with van der Waals surface area (Å²) in [4.78, 5) is 35.3. The Morgan fingerprint density at radius 1 is 1.30 bits per heavy atom. The lowest BCUT2D eigenvalue weighted by Crippen LogP contribution is -2.38. The molecule has 1 aliphatic heterocycles. The van der Waals surface area contributed by atoms with Crippen molar-refractivity contribution < 1.29 is 14.0 Å². The van der Waals surface area contributed by atoms with Crippen LogP contribution in [0.4, 0.5) is 10.1 Å². The summed E-state index contributed by atoms with van der Waals surface area (Å²) < 4.78 is 13.5. The van der Waals surface area contributed by atoms with Crippen LogP contribution in [0.1, 0.15) is 49.0 Å². The zero-order valence-electron chi connectivity index (χ0n) is 15.1. The second-order valence-electron chi connectivity index (χ2n) is 7.65. The largest absolute Gasteiger partial charge is 0.310 e. The summed E-state index contributed by atoms with van der Waals surface area (Å²) in [7, 11) is 0. The summed E-state index contributed by atoms with van der Waals surface area (Å²) >= 11 is 0. The lowest BCUT2D eigenvalue weighted by molar-refractivity contribution is -0.128. The average Bonchev–Trinajstić information content (AvgIpc) is 2.98. The van der Waals surface area contributed by atoms with Crippen molar-refractivity contribution in [3.8, 4) is 0 Å². The molecule has 0 bridgehead atoms. The second kappa shape index (κ2) is 7.18. The zero-order valence-corrected chi connectivity index (χ0v) is 15.1. The topological polar surface area (TPSA) is 63.2 Å². The molecule has 2 fully saturated rings. The summed E-state index contributed by atoms with van der Waals surface area (Å²) in [6, 6.07) is 6.70. The third-order valence-electron chi connectivity index (χ3n) is 5.89. The molecular formula is C21H22FN3O2. The molecule has 1 aliphatic carbocycles. The highest BCUT2D eigenvalue weighted by atomic mass is 19.1. The summed E-state index contributed by atoms with van der Waals surface area (Å²) in [6.45, 7) is 0.574. The summed E-state index contributed by atoms with van der Waals surface area (Å²) in [5.41, 5.74) is 0.575. The van der Waals surface area contributed by atoms with E-state index in [-0.39, 0.29) is 17.6 Å². The van der Waals surface area contributed by atoms with Crippen molar-refractivity contribution in [3.05, 3.63) is 54.4 Å². The van der Waals surface area contributed by atoms with E-state index in [9.17, 15) is 14.0 Å². The Bertz CT molecular complexity index is 858. The molecule has 6 heteroatoms. The van der Waals surface area contributed by atoms with E-state index in [1.807, 2.05) is 6.07 Å². The summed E-state index contributed by atoms with van der Waals surface area (Å²) in [5, 5.41) is 0. The molecule has 1 saturated carbocycles. The van der Waals surface area contributed by atoms with Crippen LogP contribution in [0.5, 0.6) is 0 Å². The van der Waals surface area contributed by atoms with Crippen LogP contribution >= 0.6 is 0 Å². The molecule has 1 amide bonds. The molecule has 1 saturated heterocycles. The number of anilines is 1. The van der Waals surface area contributed by atoms with Gasteiger partial charge in [0.2, 0.25) is 5.91 Å². The van der Waals surface area contributed by atoms with Crippen molar-refractivity contribution in [3.63, 3.8) is 0 Å². The van der Waals surface area contributed by atoms with Crippen LogP contribution in [-0.4, -0.2) is 28.2 Å². The number of amides is 1. The van der Waals surface area contributed by atoms with Crippen molar-refractivity contribution in [2.45, 2.75) is 38.5 Å². The monoisotopic (exact) mass is 367 g/mol. The first kappa shape index (κ1) is 17.8. The van der Waals surface area contributed by atoms with E-state index < -0.39 is 11.2 Å². The van der Waals surface area contributed by atoms with Crippen molar-refractivity contribution in [2.24, 2.45) is 11.3 Å². The van der Waals surface area contributed by atoms with Gasteiger partial charge in [-0.2, -0.15) is 0 Å². The average molecular weight is 367 g/mol. The Kier molecular flexibility index (Phi) is 4.72. The van der Waals surface area contributed by atoms with E-state index in [4.69, 9.17) is 0 Å². The van der Waals surface area contributed by atoms with Gasteiger partial charge in [0.25, 0.3) is 0 Å². The van der Waals surface area contributed by atoms with Crippen LogP contribution in [0.25, 0.3) is 0 Å². The van der Waals surface area contributed by atoms with Crippen LogP contribution < -0.4 is 4.90 Å². The highest BCUT2D eigenvalue weighted by molar-refractivity contribution is 6.00. The molecule has 0 unspecified atom stereocenters. The standard InChI is InChI=1S/C21H22FN3O2/c22-16-11-17(14-23-13-16)25-9-7-21(20(25)27)6-3-4-15(12-21)10-19(26)18-5-1-2-8-24-18/h1-2,5,8,11,13-15H,3-4,6-7,9-10,12H2/t15-,21+/m1/s1. The number of halogens is 1. The smallest absolute Gasteiger partial charge is 0.233 e. The number of hydrogen-bond acceptors (Lipinski definition) is 4. The van der Waals surface area contributed by atoms with Crippen molar-refractivity contribution in [1.29, 1.82) is 0 Å². The number of ketones is 1. The van der Waals surface area contributed by atoms with E-state index in [0.717, 1.165) is 31.9 Å². The van der Waals surface area contributed by atoms with Gasteiger partial charge in [-0.15, -0.1) is 0 Å². The van der Waals surface area contributed by atoms with Crippen LogP contribution in [0.2, 0.25) is 0 Å². The first-order valence-electron chi connectivity index (χ1n) is 9.44.